The Bertz CT molecular complexity index is 496. The van der Waals surface area contributed by atoms with E-state index >= 15 is 0 Å². The molecule has 0 aliphatic heterocycles. The fourth-order valence-corrected chi connectivity index (χ4v) is 2.85. The summed E-state index contributed by atoms with van der Waals surface area (Å²) >= 11 is 2.28. The average Bonchev–Trinajstić information content (AvgIpc) is 3.01. The van der Waals surface area contributed by atoms with Crippen molar-refractivity contribution in [1.82, 2.24) is 0 Å². The van der Waals surface area contributed by atoms with Gasteiger partial charge in [-0.25, -0.2) is 12.1 Å². The van der Waals surface area contributed by atoms with Crippen molar-refractivity contribution in [2.45, 2.75) is 59.8 Å². The molecule has 128 valence electrons. The Morgan fingerprint density at radius 2 is 1.22 bits per heavy atom. The zero-order valence-corrected chi connectivity index (χ0v) is 17.8. The SMILES string of the molecule is Cc1c[cH-]cc1C.Cc1ccc(C)[cH-]1.[Cl-].[Cl-].[Ti+2]=[C]1CCCCC1. The first kappa shape index (κ1) is 25.1. The van der Waals surface area contributed by atoms with Crippen LogP contribution in [0.15, 0.2) is 36.4 Å². The molecule has 0 N–H and O–H groups in total. The number of hydrogen-bond acceptors (Lipinski definition) is 0. The monoisotopic (exact) mass is 386 g/mol. The van der Waals surface area contributed by atoms with E-state index in [-0.39, 0.29) is 24.8 Å². The second-order valence-electron chi connectivity index (χ2n) is 6.02. The minimum atomic E-state index is 0. The van der Waals surface area contributed by atoms with Gasteiger partial charge in [0, 0.05) is 0 Å². The standard InChI is InChI=1S/2C7H9.C6H10.2ClH.Ti/c1-6-3-4-7(2)5-6;1-6-4-3-5-7(6)2;1-2-4-6-5-3-1;;;/h2*3-5H,1-2H3;1-5H2;2*1H;/q2*-1;;;;+2/p-2. The molecule has 1 aliphatic rings. The number of halogens is 2. The van der Waals surface area contributed by atoms with Crippen LogP contribution in [0.5, 0.6) is 0 Å². The molecule has 0 nitrogen and oxygen atoms in total. The van der Waals surface area contributed by atoms with Crippen LogP contribution in [-0.2, 0) is 20.0 Å². The predicted octanol–water partition coefficient (Wildman–Crippen LogP) is -0.278. The second-order valence-corrected chi connectivity index (χ2v) is 7.13. The molecule has 0 heterocycles. The number of aryl methyl sites for hydroxylation is 4. The van der Waals surface area contributed by atoms with Crippen molar-refractivity contribution in [3.63, 3.8) is 0 Å². The summed E-state index contributed by atoms with van der Waals surface area (Å²) in [4.78, 5) is 0. The Kier molecular flexibility index (Phi) is 15.5. The molecule has 0 aromatic heterocycles. The molecular formula is C20H28Cl2Ti-2. The summed E-state index contributed by atoms with van der Waals surface area (Å²) in [6.07, 6.45) is 7.18. The van der Waals surface area contributed by atoms with Gasteiger partial charge in [-0.3, -0.25) is 0 Å². The van der Waals surface area contributed by atoms with Gasteiger partial charge in [-0.05, 0) is 0 Å². The van der Waals surface area contributed by atoms with Crippen molar-refractivity contribution in [2.24, 2.45) is 0 Å². The van der Waals surface area contributed by atoms with E-state index in [1.165, 1.54) is 54.4 Å². The summed E-state index contributed by atoms with van der Waals surface area (Å²) in [5.74, 6) is 0. The Balaban J connectivity index is 0. The predicted molar refractivity (Wildman–Crippen MR) is 91.1 cm³/mol. The number of rotatable bonds is 0. The van der Waals surface area contributed by atoms with E-state index in [0.717, 1.165) is 0 Å². The molecule has 0 unspecified atom stereocenters. The molecule has 0 spiro atoms. The van der Waals surface area contributed by atoms with Gasteiger partial charge in [-0.15, -0.1) is 0 Å². The molecule has 0 amide bonds. The molecule has 1 fully saturated rings. The van der Waals surface area contributed by atoms with Gasteiger partial charge in [0.25, 0.3) is 0 Å². The average molecular weight is 387 g/mol. The number of hydrogen-bond donors (Lipinski definition) is 0. The van der Waals surface area contributed by atoms with Gasteiger partial charge in [0.1, 0.15) is 0 Å². The van der Waals surface area contributed by atoms with E-state index in [9.17, 15) is 0 Å². The molecule has 0 atom stereocenters. The molecule has 1 aliphatic carbocycles. The van der Waals surface area contributed by atoms with Gasteiger partial charge in [0.15, 0.2) is 0 Å². The van der Waals surface area contributed by atoms with Crippen LogP contribution in [0.4, 0.5) is 0 Å². The van der Waals surface area contributed by atoms with Gasteiger partial charge in [-0.2, -0.15) is 46.5 Å². The first-order chi connectivity index (χ1) is 9.99. The van der Waals surface area contributed by atoms with Crippen LogP contribution in [0, 0.1) is 27.7 Å². The third-order valence-electron chi connectivity index (χ3n) is 3.84. The Labute approximate surface area is 166 Å². The maximum absolute atomic E-state index is 2.28. The first-order valence-electron chi connectivity index (χ1n) is 7.94. The van der Waals surface area contributed by atoms with Crippen LogP contribution < -0.4 is 24.8 Å². The van der Waals surface area contributed by atoms with Crippen LogP contribution in [0.3, 0.4) is 0 Å². The summed E-state index contributed by atoms with van der Waals surface area (Å²) < 4.78 is 1.71. The second kappa shape index (κ2) is 14.2. The van der Waals surface area contributed by atoms with Gasteiger partial charge in [0.2, 0.25) is 0 Å². The van der Waals surface area contributed by atoms with Crippen LogP contribution in [-0.4, -0.2) is 3.81 Å². The molecule has 3 rings (SSSR count). The Hall–Kier alpha value is -0.136. The Morgan fingerprint density at radius 1 is 0.783 bits per heavy atom. The molecule has 23 heavy (non-hydrogen) atoms. The van der Waals surface area contributed by atoms with Gasteiger partial charge in [0.05, 0.1) is 0 Å². The minimum absolute atomic E-state index is 0. The van der Waals surface area contributed by atoms with Crippen molar-refractivity contribution in [3.05, 3.63) is 58.7 Å². The maximum atomic E-state index is 2.28. The third-order valence-corrected chi connectivity index (χ3v) is 4.62. The van der Waals surface area contributed by atoms with Crippen molar-refractivity contribution in [3.8, 4) is 0 Å². The van der Waals surface area contributed by atoms with Gasteiger partial charge < -0.3 is 24.8 Å². The van der Waals surface area contributed by atoms with E-state index in [0.29, 0.717) is 0 Å². The van der Waals surface area contributed by atoms with Crippen LogP contribution in [0.2, 0.25) is 0 Å². The molecule has 0 radical (unpaired) electrons. The quantitative estimate of drug-likeness (QED) is 0.431. The molecule has 3 heteroatoms. The summed E-state index contributed by atoms with van der Waals surface area (Å²) in [5.41, 5.74) is 5.50. The third kappa shape index (κ3) is 12.0. The van der Waals surface area contributed by atoms with E-state index < -0.39 is 0 Å². The molecule has 1 saturated carbocycles. The topological polar surface area (TPSA) is 0 Å². The summed E-state index contributed by atoms with van der Waals surface area (Å²) in [6, 6.07) is 12.7. The molecule has 0 saturated heterocycles. The zero-order valence-electron chi connectivity index (χ0n) is 14.8. The molecule has 0 bridgehead atoms. The van der Waals surface area contributed by atoms with E-state index in [2.05, 4.69) is 84.1 Å². The van der Waals surface area contributed by atoms with E-state index in [1.54, 1.807) is 3.81 Å². The molecule has 2 aromatic carbocycles. The van der Waals surface area contributed by atoms with E-state index in [4.69, 9.17) is 0 Å². The summed E-state index contributed by atoms with van der Waals surface area (Å²) in [7, 11) is 0. The zero-order chi connectivity index (χ0) is 15.7. The summed E-state index contributed by atoms with van der Waals surface area (Å²) in [5, 5.41) is 0. The normalized spacial score (nSPS) is 12.7. The van der Waals surface area contributed by atoms with Crippen molar-refractivity contribution in [1.29, 1.82) is 0 Å². The van der Waals surface area contributed by atoms with Crippen molar-refractivity contribution in [2.75, 3.05) is 0 Å². The van der Waals surface area contributed by atoms with Crippen molar-refractivity contribution >= 4 is 3.81 Å². The summed E-state index contributed by atoms with van der Waals surface area (Å²) in [6.45, 7) is 8.45. The van der Waals surface area contributed by atoms with Crippen LogP contribution in [0.25, 0.3) is 0 Å². The van der Waals surface area contributed by atoms with Crippen LogP contribution in [0.1, 0.15) is 54.4 Å². The fraction of sp³-hybridized carbons (Fsp3) is 0.450. The Morgan fingerprint density at radius 3 is 1.39 bits per heavy atom. The van der Waals surface area contributed by atoms with Gasteiger partial charge >= 0.3 is 55.9 Å². The fourth-order valence-electron chi connectivity index (χ4n) is 2.30. The van der Waals surface area contributed by atoms with Crippen molar-refractivity contribution < 1.29 is 44.8 Å². The molecular weight excluding hydrogens is 359 g/mol. The first-order valence-corrected chi connectivity index (χ1v) is 8.72. The molecule has 2 aromatic rings. The van der Waals surface area contributed by atoms with E-state index in [1.807, 2.05) is 0 Å². The van der Waals surface area contributed by atoms with Crippen LogP contribution >= 0.6 is 0 Å². The van der Waals surface area contributed by atoms with Gasteiger partial charge in [-0.1, -0.05) is 27.7 Å².